The van der Waals surface area contributed by atoms with Gasteiger partial charge in [0.15, 0.2) is 28.9 Å². The fourth-order valence-corrected chi connectivity index (χ4v) is 4.82. The number of benzene rings is 4. The highest BCUT2D eigenvalue weighted by molar-refractivity contribution is 5.75. The first kappa shape index (κ1) is 25.9. The second-order valence-corrected chi connectivity index (χ2v) is 9.91. The zero-order valence-corrected chi connectivity index (χ0v) is 23.2. The third-order valence-corrected chi connectivity index (χ3v) is 6.96. The molecule has 0 saturated carbocycles. The van der Waals surface area contributed by atoms with Crippen LogP contribution >= 0.6 is 0 Å². The Labute approximate surface area is 249 Å². The van der Waals surface area contributed by atoms with Crippen molar-refractivity contribution in [3.8, 4) is 56.7 Å². The van der Waals surface area contributed by atoms with Gasteiger partial charge in [0.1, 0.15) is 0 Å². The summed E-state index contributed by atoms with van der Waals surface area (Å²) < 4.78 is 1.79. The molecule has 7 rings (SSSR count). The largest absolute Gasteiger partial charge is 0.221 e. The highest BCUT2D eigenvalue weighted by Gasteiger charge is 2.13. The molecular formula is C37H26N6. The van der Waals surface area contributed by atoms with Crippen LogP contribution in [0, 0.1) is 0 Å². The summed E-state index contributed by atoms with van der Waals surface area (Å²) in [6.07, 6.45) is 1.90. The van der Waals surface area contributed by atoms with Crippen LogP contribution in [0.5, 0.6) is 0 Å². The fraction of sp³-hybridized carbons (Fsp3) is 0. The van der Waals surface area contributed by atoms with Gasteiger partial charge in [-0.05, 0) is 35.4 Å². The van der Waals surface area contributed by atoms with Crippen molar-refractivity contribution >= 4 is 5.65 Å². The van der Waals surface area contributed by atoms with Gasteiger partial charge in [-0.2, -0.15) is 0 Å². The predicted molar refractivity (Wildman–Crippen MR) is 171 cm³/mol. The molecule has 0 aliphatic carbocycles. The van der Waals surface area contributed by atoms with E-state index in [1.807, 2.05) is 134 Å². The maximum Gasteiger partial charge on any atom is 0.182 e. The van der Waals surface area contributed by atoms with E-state index in [1.54, 1.807) is 4.52 Å². The topological polar surface area (TPSA) is 68.9 Å². The molecule has 4 aromatic carbocycles. The third-order valence-electron chi connectivity index (χ3n) is 6.96. The molecule has 3 heterocycles. The zero-order valence-electron chi connectivity index (χ0n) is 23.2. The maximum atomic E-state index is 4.90. The minimum absolute atomic E-state index is 0.620. The molecule has 3 aromatic heterocycles. The monoisotopic (exact) mass is 554 g/mol. The zero-order chi connectivity index (χ0) is 28.8. The minimum atomic E-state index is 0.620. The van der Waals surface area contributed by atoms with Crippen LogP contribution < -0.4 is 0 Å². The molecular weight excluding hydrogens is 528 g/mol. The molecule has 6 heteroatoms. The van der Waals surface area contributed by atoms with Crippen molar-refractivity contribution in [2.24, 2.45) is 0 Å². The van der Waals surface area contributed by atoms with Crippen LogP contribution in [0.15, 0.2) is 158 Å². The first-order valence-electron chi connectivity index (χ1n) is 14.0. The lowest BCUT2D eigenvalue weighted by Crippen LogP contribution is -2.00. The number of nitrogens with zero attached hydrogens (tertiary/aromatic N) is 6. The van der Waals surface area contributed by atoms with E-state index >= 15 is 0 Å². The van der Waals surface area contributed by atoms with Gasteiger partial charge >= 0.3 is 0 Å². The Morgan fingerprint density at radius 3 is 1.35 bits per heavy atom. The Kier molecular flexibility index (Phi) is 7.14. The van der Waals surface area contributed by atoms with Gasteiger partial charge < -0.3 is 0 Å². The van der Waals surface area contributed by atoms with E-state index in [4.69, 9.17) is 25.0 Å². The van der Waals surface area contributed by atoms with E-state index in [1.165, 1.54) is 0 Å². The lowest BCUT2D eigenvalue weighted by molar-refractivity contribution is 0.970. The Morgan fingerprint density at radius 2 is 0.744 bits per heavy atom. The van der Waals surface area contributed by atoms with Crippen LogP contribution in [-0.4, -0.2) is 29.5 Å². The Balaban J connectivity index is 1.29. The summed E-state index contributed by atoms with van der Waals surface area (Å²) >= 11 is 0. The molecule has 0 saturated heterocycles. The fourth-order valence-electron chi connectivity index (χ4n) is 4.82. The first-order valence-corrected chi connectivity index (χ1v) is 14.0. The van der Waals surface area contributed by atoms with Gasteiger partial charge in [-0.15, -0.1) is 5.10 Å². The van der Waals surface area contributed by atoms with Crippen LogP contribution in [0.2, 0.25) is 0 Å². The standard InChI is InChI=1S/C37H26N6/c1-2-4-12-24-43-33(23-11-3-1)38-37(42-43)32-22-14-20-30(26-32)29-19-13-21-31(25-29)36-40-34(27-15-7-5-8-16-27)39-35(41-36)28-17-9-6-10-18-28/h1-26H. The Bertz CT molecular complexity index is 1990. The molecule has 0 spiro atoms. The summed E-state index contributed by atoms with van der Waals surface area (Å²) in [7, 11) is 0. The normalized spacial score (nSPS) is 10.8. The maximum absolute atomic E-state index is 4.90. The molecule has 6 nitrogen and oxygen atoms in total. The van der Waals surface area contributed by atoms with Crippen molar-refractivity contribution in [3.63, 3.8) is 0 Å². The molecule has 0 fully saturated rings. The molecule has 0 bridgehead atoms. The summed E-state index contributed by atoms with van der Waals surface area (Å²) in [6, 6.07) is 50.3. The lowest BCUT2D eigenvalue weighted by atomic mass is 10.0. The highest BCUT2D eigenvalue weighted by atomic mass is 15.3. The van der Waals surface area contributed by atoms with Crippen molar-refractivity contribution < 1.29 is 0 Å². The highest BCUT2D eigenvalue weighted by Crippen LogP contribution is 2.30. The van der Waals surface area contributed by atoms with Crippen LogP contribution in [-0.2, 0) is 0 Å². The quantitative estimate of drug-likeness (QED) is 0.214. The van der Waals surface area contributed by atoms with Gasteiger partial charge in [0.2, 0.25) is 0 Å². The Morgan fingerprint density at radius 1 is 0.326 bits per heavy atom. The summed E-state index contributed by atoms with van der Waals surface area (Å²) in [5, 5.41) is 4.75. The predicted octanol–water partition coefficient (Wildman–Crippen LogP) is 8.37. The van der Waals surface area contributed by atoms with E-state index < -0.39 is 0 Å². The molecule has 43 heavy (non-hydrogen) atoms. The SMILES string of the molecule is c1ccccn2nc(-c3cccc(-c4cccc(-c5nc(-c6ccccc6)nc(-c6ccccc6)n5)c4)c3)nc2ccc1. The van der Waals surface area contributed by atoms with Crippen LogP contribution in [0.25, 0.3) is 62.3 Å². The van der Waals surface area contributed by atoms with E-state index in [-0.39, 0.29) is 0 Å². The molecule has 0 unspecified atom stereocenters. The van der Waals surface area contributed by atoms with E-state index in [0.29, 0.717) is 23.3 Å². The second kappa shape index (κ2) is 11.8. The number of aromatic nitrogens is 6. The molecule has 0 amide bonds. The van der Waals surface area contributed by atoms with E-state index in [2.05, 4.69) is 24.3 Å². The third kappa shape index (κ3) is 5.76. The van der Waals surface area contributed by atoms with E-state index in [9.17, 15) is 0 Å². The van der Waals surface area contributed by atoms with Gasteiger partial charge in [-0.25, -0.2) is 24.5 Å². The minimum Gasteiger partial charge on any atom is -0.221 e. The average molecular weight is 555 g/mol. The van der Waals surface area contributed by atoms with Crippen molar-refractivity contribution in [1.29, 1.82) is 0 Å². The molecule has 0 N–H and O–H groups in total. The summed E-state index contributed by atoms with van der Waals surface area (Å²) in [5.41, 5.74) is 6.58. The smallest absolute Gasteiger partial charge is 0.182 e. The molecule has 0 aliphatic heterocycles. The molecule has 204 valence electrons. The van der Waals surface area contributed by atoms with Gasteiger partial charge in [0.25, 0.3) is 0 Å². The number of fused-ring (bicyclic) bond motifs is 1. The molecule has 0 radical (unpaired) electrons. The molecule has 0 aliphatic rings. The number of hydrogen-bond acceptors (Lipinski definition) is 5. The lowest BCUT2D eigenvalue weighted by Gasteiger charge is -2.10. The van der Waals surface area contributed by atoms with Crippen molar-refractivity contribution in [3.05, 3.63) is 158 Å². The summed E-state index contributed by atoms with van der Waals surface area (Å²) in [6.45, 7) is 0. The van der Waals surface area contributed by atoms with Crippen molar-refractivity contribution in [2.45, 2.75) is 0 Å². The summed E-state index contributed by atoms with van der Waals surface area (Å²) in [5.74, 6) is 2.55. The molecule has 0 atom stereocenters. The van der Waals surface area contributed by atoms with Crippen LogP contribution in [0.3, 0.4) is 0 Å². The second-order valence-electron chi connectivity index (χ2n) is 9.91. The van der Waals surface area contributed by atoms with Crippen molar-refractivity contribution in [1.82, 2.24) is 29.5 Å². The number of hydrogen-bond donors (Lipinski definition) is 0. The van der Waals surface area contributed by atoms with Crippen LogP contribution in [0.4, 0.5) is 0 Å². The van der Waals surface area contributed by atoms with Crippen molar-refractivity contribution in [2.75, 3.05) is 0 Å². The first-order chi connectivity index (χ1) is 21.3. The van der Waals surface area contributed by atoms with Gasteiger partial charge in [0.05, 0.1) is 0 Å². The van der Waals surface area contributed by atoms with Gasteiger partial charge in [-0.3, -0.25) is 0 Å². The summed E-state index contributed by atoms with van der Waals surface area (Å²) in [4.78, 5) is 19.4. The van der Waals surface area contributed by atoms with Crippen LogP contribution in [0.1, 0.15) is 0 Å². The van der Waals surface area contributed by atoms with Gasteiger partial charge in [-0.1, -0.05) is 127 Å². The van der Waals surface area contributed by atoms with Gasteiger partial charge in [0, 0.05) is 28.5 Å². The number of rotatable bonds is 5. The Hall–Kier alpha value is -6.01. The average Bonchev–Trinajstić information content (AvgIpc) is 3.50. The van der Waals surface area contributed by atoms with E-state index in [0.717, 1.165) is 39.0 Å². The molecule has 7 aromatic rings.